The Kier molecular flexibility index (Phi) is 23.2. The van der Waals surface area contributed by atoms with E-state index in [1.54, 1.807) is 12.1 Å². The van der Waals surface area contributed by atoms with Gasteiger partial charge in [-0.25, -0.2) is 0 Å². The number of nitrogens with one attached hydrogen (secondary N) is 5. The SMILES string of the molecule is Cc1cc(O)cc(C)c1C[C@H](N)C(=O)N[C@H](CCCN=C(N)N)C(=O)N[C@H]1Cc2ccccc2CN(CCC(=O)N[C@@H](CCCN2CCC(Cc3ccccc3)CC2)C(=O)N[C@@H](Cc2ccccc2)C(=O)NCCC(N)=O)C1=O. The van der Waals surface area contributed by atoms with Crippen LogP contribution in [0, 0.1) is 19.8 Å². The van der Waals surface area contributed by atoms with E-state index < -0.39 is 71.6 Å². The van der Waals surface area contributed by atoms with Crippen LogP contribution in [0.15, 0.2) is 102 Å². The third-order valence-corrected chi connectivity index (χ3v) is 14.7. The number of likely N-dealkylation sites (tertiary alicyclic amines) is 1. The number of guanidine groups is 1. The van der Waals surface area contributed by atoms with E-state index in [9.17, 15) is 38.7 Å². The van der Waals surface area contributed by atoms with Gasteiger partial charge in [-0.1, -0.05) is 84.9 Å². The number of primary amides is 1. The first-order valence-corrected chi connectivity index (χ1v) is 27.4. The number of aromatic hydroxyl groups is 1. The number of nitrogens with two attached hydrogens (primary N) is 4. The second kappa shape index (κ2) is 30.3. The van der Waals surface area contributed by atoms with Crippen molar-refractivity contribution in [1.82, 2.24) is 36.4 Å². The molecule has 1 fully saturated rings. The number of phenolic OH excluding ortho intramolecular Hbond substituents is 1. The molecule has 4 aromatic carbocycles. The monoisotopic (exact) mass is 1080 g/mol. The summed E-state index contributed by atoms with van der Waals surface area (Å²) >= 11 is 0. The first-order valence-electron chi connectivity index (χ1n) is 27.4. The predicted molar refractivity (Wildman–Crippen MR) is 303 cm³/mol. The summed E-state index contributed by atoms with van der Waals surface area (Å²) in [7, 11) is 0. The Bertz CT molecular complexity index is 2710. The number of nitrogens with zero attached hydrogens (tertiary/aromatic N) is 3. The van der Waals surface area contributed by atoms with Crippen LogP contribution in [0.3, 0.4) is 0 Å². The number of fused-ring (bicyclic) bond motifs is 1. The summed E-state index contributed by atoms with van der Waals surface area (Å²) in [6.45, 7) is 6.35. The minimum atomic E-state index is -1.14. The van der Waals surface area contributed by atoms with Gasteiger partial charge >= 0.3 is 0 Å². The van der Waals surface area contributed by atoms with Gasteiger partial charge in [0.05, 0.1) is 6.04 Å². The van der Waals surface area contributed by atoms with Gasteiger partial charge in [0.15, 0.2) is 5.96 Å². The fourth-order valence-corrected chi connectivity index (χ4v) is 10.4. The molecule has 0 radical (unpaired) electrons. The number of rotatable bonds is 28. The van der Waals surface area contributed by atoms with E-state index in [-0.39, 0.29) is 82.8 Å². The molecule has 2 aliphatic rings. The highest BCUT2D eigenvalue weighted by Crippen LogP contribution is 2.25. The summed E-state index contributed by atoms with van der Waals surface area (Å²) in [6, 6.07) is 24.9. The number of carbonyl (C=O) groups is 7. The summed E-state index contributed by atoms with van der Waals surface area (Å²) in [5, 5.41) is 24.3. The molecule has 6 rings (SSSR count). The third-order valence-electron chi connectivity index (χ3n) is 14.7. The van der Waals surface area contributed by atoms with E-state index in [0.717, 1.165) is 65.7 Å². The molecule has 0 spiro atoms. The third kappa shape index (κ3) is 19.5. The molecule has 20 heteroatoms. The van der Waals surface area contributed by atoms with E-state index in [2.05, 4.69) is 60.7 Å². The number of hydrogen-bond acceptors (Lipinski definition) is 11. The zero-order valence-electron chi connectivity index (χ0n) is 45.6. The maximum absolute atomic E-state index is 14.6. The van der Waals surface area contributed by atoms with Crippen molar-refractivity contribution in [3.05, 3.63) is 136 Å². The van der Waals surface area contributed by atoms with Crippen LogP contribution in [0.4, 0.5) is 0 Å². The molecule has 0 unspecified atom stereocenters. The molecule has 2 heterocycles. The summed E-state index contributed by atoms with van der Waals surface area (Å²) in [5.74, 6) is -3.31. The molecule has 0 aliphatic carbocycles. The van der Waals surface area contributed by atoms with Crippen molar-refractivity contribution < 1.29 is 38.7 Å². The molecule has 4 aromatic rings. The average molecular weight is 1090 g/mol. The first kappa shape index (κ1) is 60.4. The molecule has 0 aromatic heterocycles. The molecule has 2 aliphatic heterocycles. The van der Waals surface area contributed by atoms with Gasteiger partial charge in [0, 0.05) is 51.9 Å². The van der Waals surface area contributed by atoms with E-state index in [4.69, 9.17) is 22.9 Å². The average Bonchev–Trinajstić information content (AvgIpc) is 3.55. The number of amides is 7. The van der Waals surface area contributed by atoms with Gasteiger partial charge in [0.1, 0.15) is 29.9 Å². The summed E-state index contributed by atoms with van der Waals surface area (Å²) in [5.41, 5.74) is 28.9. The van der Waals surface area contributed by atoms with Crippen LogP contribution in [-0.2, 0) is 65.8 Å². The normalized spacial score (nSPS) is 16.2. The van der Waals surface area contributed by atoms with Gasteiger partial charge < -0.3 is 64.4 Å². The first-order chi connectivity index (χ1) is 37.9. The molecule has 79 heavy (non-hydrogen) atoms. The summed E-state index contributed by atoms with van der Waals surface area (Å²) in [6.07, 6.45) is 4.47. The van der Waals surface area contributed by atoms with Crippen LogP contribution >= 0.6 is 0 Å². The van der Waals surface area contributed by atoms with Crippen molar-refractivity contribution >= 4 is 47.3 Å². The standard InChI is InChI=1S/C59H80N12O8/c1-38-31-45(72)32-39(2)46(38)36-47(60)54(75)67-49(19-11-25-65-59(62)63)57(78)69-51-35-43-17-9-10-18-44(43)37-71(58(51)79)30-24-53(74)66-48(20-12-27-70-28-22-42(23-29-70)33-40-13-5-3-6-14-40)56(77)68-50(34-41-15-7-4-8-16-41)55(76)64-26-21-52(61)73/h3-10,13-18,31-32,42,47-51,72H,11-12,19-30,33-37,60H2,1-2H3,(H2,61,73)(H,64,76)(H,66,74)(H,67,75)(H,68,77)(H,69,78)(H4,62,63,65)/t47-,48-,49+,50-,51-/m0/s1. The second-order valence-corrected chi connectivity index (χ2v) is 20.9. The number of piperidine rings is 1. The molecule has 20 nitrogen and oxygen atoms in total. The Hall–Kier alpha value is -7.84. The Labute approximate surface area is 463 Å². The fraction of sp³-hybridized carbons (Fsp3) is 0.458. The summed E-state index contributed by atoms with van der Waals surface area (Å²) in [4.78, 5) is 104. The molecule has 5 atom stereocenters. The van der Waals surface area contributed by atoms with Crippen molar-refractivity contribution in [3.63, 3.8) is 0 Å². The highest BCUT2D eigenvalue weighted by molar-refractivity contribution is 5.94. The minimum Gasteiger partial charge on any atom is -0.508 e. The van der Waals surface area contributed by atoms with Crippen molar-refractivity contribution in [2.45, 2.75) is 128 Å². The van der Waals surface area contributed by atoms with Crippen molar-refractivity contribution in [2.75, 3.05) is 39.3 Å². The Morgan fingerprint density at radius 1 is 0.696 bits per heavy atom. The lowest BCUT2D eigenvalue weighted by molar-refractivity contribution is -0.138. The van der Waals surface area contributed by atoms with Crippen LogP contribution in [0.2, 0.25) is 0 Å². The predicted octanol–water partition coefficient (Wildman–Crippen LogP) is 1.82. The molecule has 0 bridgehead atoms. The van der Waals surface area contributed by atoms with E-state index >= 15 is 0 Å². The number of hydrogen-bond donors (Lipinski definition) is 10. The maximum Gasteiger partial charge on any atom is 0.245 e. The van der Waals surface area contributed by atoms with Gasteiger partial charge in [0.25, 0.3) is 0 Å². The summed E-state index contributed by atoms with van der Waals surface area (Å²) < 4.78 is 0. The smallest absolute Gasteiger partial charge is 0.245 e. The maximum atomic E-state index is 14.6. The number of carbonyl (C=O) groups excluding carboxylic acids is 7. The number of aliphatic imine (C=N–C) groups is 1. The van der Waals surface area contributed by atoms with Crippen LogP contribution in [0.1, 0.15) is 90.3 Å². The van der Waals surface area contributed by atoms with Crippen LogP contribution in [-0.4, -0.2) is 132 Å². The van der Waals surface area contributed by atoms with E-state index in [1.807, 2.05) is 74.5 Å². The second-order valence-electron chi connectivity index (χ2n) is 20.9. The van der Waals surface area contributed by atoms with E-state index in [1.165, 1.54) is 10.5 Å². The molecular formula is C59H80N12O8. The van der Waals surface area contributed by atoms with Crippen molar-refractivity contribution in [3.8, 4) is 5.75 Å². The molecule has 1 saturated heterocycles. The number of aryl methyl sites for hydroxylation is 2. The van der Waals surface area contributed by atoms with Crippen LogP contribution in [0.5, 0.6) is 5.75 Å². The van der Waals surface area contributed by atoms with Gasteiger partial charge in [0.2, 0.25) is 41.4 Å². The topological polar surface area (TPSA) is 323 Å². The molecule has 0 saturated carbocycles. The van der Waals surface area contributed by atoms with Crippen LogP contribution in [0.25, 0.3) is 0 Å². The molecule has 14 N–H and O–H groups in total. The lowest BCUT2D eigenvalue weighted by atomic mass is 9.90. The Morgan fingerprint density at radius 3 is 1.96 bits per heavy atom. The number of benzene rings is 4. The fourth-order valence-electron chi connectivity index (χ4n) is 10.4. The Morgan fingerprint density at radius 2 is 1.30 bits per heavy atom. The lowest BCUT2D eigenvalue weighted by Crippen LogP contribution is -2.56. The van der Waals surface area contributed by atoms with E-state index in [0.29, 0.717) is 25.3 Å². The van der Waals surface area contributed by atoms with Crippen LogP contribution < -0.4 is 49.5 Å². The highest BCUT2D eigenvalue weighted by atomic mass is 16.3. The van der Waals surface area contributed by atoms with Gasteiger partial charge in [-0.05, 0) is 142 Å². The van der Waals surface area contributed by atoms with Gasteiger partial charge in [-0.2, -0.15) is 0 Å². The largest absolute Gasteiger partial charge is 0.508 e. The molecule has 424 valence electrons. The highest BCUT2D eigenvalue weighted by Gasteiger charge is 2.35. The molecule has 7 amide bonds. The zero-order chi connectivity index (χ0) is 56.8. The van der Waals surface area contributed by atoms with Crippen molar-refractivity contribution in [1.29, 1.82) is 0 Å². The zero-order valence-corrected chi connectivity index (χ0v) is 45.6. The molecular weight excluding hydrogens is 1000 g/mol. The minimum absolute atomic E-state index is 0.0170. The number of phenols is 1. The quantitative estimate of drug-likeness (QED) is 0.0221. The van der Waals surface area contributed by atoms with Gasteiger partial charge in [-0.15, -0.1) is 0 Å². The Balaban J connectivity index is 1.14. The van der Waals surface area contributed by atoms with Gasteiger partial charge in [-0.3, -0.25) is 38.6 Å². The lowest BCUT2D eigenvalue weighted by Gasteiger charge is -2.32. The van der Waals surface area contributed by atoms with Crippen molar-refractivity contribution in [2.24, 2.45) is 33.8 Å².